The predicted octanol–water partition coefficient (Wildman–Crippen LogP) is 2.89. The van der Waals surface area contributed by atoms with Crippen molar-refractivity contribution >= 4 is 23.4 Å². The molecule has 5 nitrogen and oxygen atoms in total. The summed E-state index contributed by atoms with van der Waals surface area (Å²) in [6, 6.07) is 8.48. The third-order valence-corrected chi connectivity index (χ3v) is 4.63. The Balaban J connectivity index is 0.00000156. The van der Waals surface area contributed by atoms with Gasteiger partial charge in [-0.05, 0) is 43.9 Å². The topological polar surface area (TPSA) is 60.7 Å². The second kappa shape index (κ2) is 6.42. The van der Waals surface area contributed by atoms with E-state index in [0.717, 1.165) is 24.0 Å². The van der Waals surface area contributed by atoms with Gasteiger partial charge in [0.25, 0.3) is 0 Å². The number of methoxy groups -OCH3 is 1. The molecule has 2 aromatic rings. The van der Waals surface area contributed by atoms with E-state index < -0.39 is 5.63 Å². The van der Waals surface area contributed by atoms with Crippen LogP contribution in [-0.2, 0) is 0 Å². The zero-order chi connectivity index (χ0) is 15.1. The Morgan fingerprint density at radius 1 is 1.17 bits per heavy atom. The summed E-state index contributed by atoms with van der Waals surface area (Å²) in [5, 5.41) is 4.43. The summed E-state index contributed by atoms with van der Waals surface area (Å²) >= 11 is 0. The highest BCUT2D eigenvalue weighted by Gasteiger charge is 2.34. The van der Waals surface area contributed by atoms with Crippen molar-refractivity contribution < 1.29 is 13.9 Å². The summed E-state index contributed by atoms with van der Waals surface area (Å²) in [4.78, 5) is 11.7. The minimum atomic E-state index is -0.466. The van der Waals surface area contributed by atoms with Gasteiger partial charge in [-0.15, -0.1) is 12.4 Å². The van der Waals surface area contributed by atoms with Crippen LogP contribution in [0.25, 0.3) is 11.0 Å². The number of halogens is 1. The maximum absolute atomic E-state index is 11.7. The molecule has 2 aliphatic rings. The number of ether oxygens (including phenoxy) is 2. The smallest absolute Gasteiger partial charge is 0.379 e. The van der Waals surface area contributed by atoms with Crippen molar-refractivity contribution in [3.8, 4) is 11.5 Å². The molecule has 1 aromatic heterocycles. The third-order valence-electron chi connectivity index (χ3n) is 4.63. The van der Waals surface area contributed by atoms with Crippen LogP contribution >= 0.6 is 12.4 Å². The molecule has 2 unspecified atom stereocenters. The van der Waals surface area contributed by atoms with E-state index in [1.54, 1.807) is 12.1 Å². The number of nitrogens with one attached hydrogen (secondary N) is 1. The first-order valence-corrected chi connectivity index (χ1v) is 7.76. The zero-order valence-corrected chi connectivity index (χ0v) is 13.7. The average Bonchev–Trinajstić information content (AvgIpc) is 2.85. The van der Waals surface area contributed by atoms with Gasteiger partial charge in [0.05, 0.1) is 7.11 Å². The SMILES string of the molecule is COc1cc2ccc(OC3CC4CCC(C3)N4)cc2oc1=O.Cl. The Kier molecular flexibility index (Phi) is 4.50. The summed E-state index contributed by atoms with van der Waals surface area (Å²) in [5.74, 6) is 0.975. The first-order valence-electron chi connectivity index (χ1n) is 7.76. The Bertz CT molecular complexity index is 748. The van der Waals surface area contributed by atoms with Crippen molar-refractivity contribution in [2.75, 3.05) is 7.11 Å². The molecule has 2 fully saturated rings. The van der Waals surface area contributed by atoms with E-state index in [0.29, 0.717) is 17.7 Å². The Labute approximate surface area is 140 Å². The van der Waals surface area contributed by atoms with Crippen molar-refractivity contribution in [1.29, 1.82) is 0 Å². The molecule has 2 saturated heterocycles. The fourth-order valence-corrected chi connectivity index (χ4v) is 3.58. The molecule has 0 amide bonds. The highest BCUT2D eigenvalue weighted by molar-refractivity contribution is 5.85. The van der Waals surface area contributed by atoms with Crippen molar-refractivity contribution in [3.63, 3.8) is 0 Å². The lowest BCUT2D eigenvalue weighted by molar-refractivity contribution is 0.137. The summed E-state index contributed by atoms with van der Waals surface area (Å²) in [6.07, 6.45) is 4.82. The third kappa shape index (κ3) is 3.16. The molecule has 23 heavy (non-hydrogen) atoms. The van der Waals surface area contributed by atoms with Gasteiger partial charge in [0, 0.05) is 23.5 Å². The molecular weight excluding hydrogens is 318 g/mol. The minimum absolute atomic E-state index is 0. The first-order chi connectivity index (χ1) is 10.7. The number of fused-ring (bicyclic) bond motifs is 3. The molecule has 1 aromatic carbocycles. The molecule has 124 valence electrons. The highest BCUT2D eigenvalue weighted by atomic mass is 35.5. The number of rotatable bonds is 3. The van der Waals surface area contributed by atoms with Crippen molar-refractivity contribution in [1.82, 2.24) is 5.32 Å². The van der Waals surface area contributed by atoms with Crippen LogP contribution in [0.1, 0.15) is 25.7 Å². The number of hydrogen-bond acceptors (Lipinski definition) is 5. The van der Waals surface area contributed by atoms with Gasteiger partial charge in [-0.3, -0.25) is 0 Å². The molecule has 3 heterocycles. The fraction of sp³-hybridized carbons (Fsp3) is 0.471. The molecule has 2 bridgehead atoms. The molecule has 2 aliphatic heterocycles. The number of benzene rings is 1. The van der Waals surface area contributed by atoms with Crippen LogP contribution in [0, 0.1) is 0 Å². The van der Waals surface area contributed by atoms with Gasteiger partial charge in [0.2, 0.25) is 5.75 Å². The van der Waals surface area contributed by atoms with E-state index in [1.807, 2.05) is 12.1 Å². The van der Waals surface area contributed by atoms with E-state index in [1.165, 1.54) is 20.0 Å². The van der Waals surface area contributed by atoms with Crippen molar-refractivity contribution in [3.05, 3.63) is 34.7 Å². The van der Waals surface area contributed by atoms with Gasteiger partial charge < -0.3 is 19.2 Å². The fourth-order valence-electron chi connectivity index (χ4n) is 3.58. The molecular formula is C17H20ClNO4. The molecule has 6 heteroatoms. The highest BCUT2D eigenvalue weighted by Crippen LogP contribution is 2.30. The van der Waals surface area contributed by atoms with Crippen LogP contribution < -0.4 is 20.4 Å². The van der Waals surface area contributed by atoms with Crippen LogP contribution in [0.3, 0.4) is 0 Å². The standard InChI is InChI=1S/C17H19NO4.ClH/c1-20-16-6-10-2-5-13(9-15(10)22-17(16)19)21-14-7-11-3-4-12(8-14)18-11;/h2,5-6,9,11-12,14,18H,3-4,7-8H2,1H3;1H. The van der Waals surface area contributed by atoms with Crippen LogP contribution in [-0.4, -0.2) is 25.3 Å². The normalized spacial score (nSPS) is 25.9. The van der Waals surface area contributed by atoms with Gasteiger partial charge in [-0.25, -0.2) is 4.79 Å². The van der Waals surface area contributed by atoms with Gasteiger partial charge in [-0.2, -0.15) is 0 Å². The number of piperidine rings is 1. The van der Waals surface area contributed by atoms with Crippen molar-refractivity contribution in [2.45, 2.75) is 43.9 Å². The lowest BCUT2D eigenvalue weighted by Crippen LogP contribution is -2.42. The summed E-state index contributed by atoms with van der Waals surface area (Å²) in [7, 11) is 1.46. The lowest BCUT2D eigenvalue weighted by atomic mass is 10.0. The quantitative estimate of drug-likeness (QED) is 0.873. The lowest BCUT2D eigenvalue weighted by Gasteiger charge is -2.29. The van der Waals surface area contributed by atoms with E-state index >= 15 is 0 Å². The van der Waals surface area contributed by atoms with E-state index in [-0.39, 0.29) is 24.3 Å². The molecule has 2 atom stereocenters. The molecule has 1 N–H and O–H groups in total. The van der Waals surface area contributed by atoms with E-state index in [4.69, 9.17) is 13.9 Å². The summed E-state index contributed by atoms with van der Waals surface area (Å²) in [5.41, 5.74) is 0.0623. The maximum Gasteiger partial charge on any atom is 0.379 e. The summed E-state index contributed by atoms with van der Waals surface area (Å²) < 4.78 is 16.4. The predicted molar refractivity (Wildman–Crippen MR) is 89.9 cm³/mol. The van der Waals surface area contributed by atoms with Crippen molar-refractivity contribution in [2.24, 2.45) is 0 Å². The molecule has 4 rings (SSSR count). The zero-order valence-electron chi connectivity index (χ0n) is 12.9. The Hall–Kier alpha value is -1.72. The van der Waals surface area contributed by atoms with Gasteiger partial charge >= 0.3 is 5.63 Å². The number of hydrogen-bond donors (Lipinski definition) is 1. The molecule has 0 radical (unpaired) electrons. The molecule has 0 spiro atoms. The first kappa shape index (κ1) is 16.1. The maximum atomic E-state index is 11.7. The Morgan fingerprint density at radius 2 is 1.91 bits per heavy atom. The van der Waals surface area contributed by atoms with Gasteiger partial charge in [0.1, 0.15) is 17.4 Å². The summed E-state index contributed by atoms with van der Waals surface area (Å²) in [6.45, 7) is 0. The van der Waals surface area contributed by atoms with Crippen LogP contribution in [0.15, 0.2) is 33.5 Å². The van der Waals surface area contributed by atoms with Crippen LogP contribution in [0.5, 0.6) is 11.5 Å². The van der Waals surface area contributed by atoms with Crippen LogP contribution in [0.2, 0.25) is 0 Å². The monoisotopic (exact) mass is 337 g/mol. The second-order valence-corrected chi connectivity index (χ2v) is 6.15. The molecule has 0 aliphatic carbocycles. The largest absolute Gasteiger partial charge is 0.490 e. The molecule has 0 saturated carbocycles. The minimum Gasteiger partial charge on any atom is -0.490 e. The van der Waals surface area contributed by atoms with E-state index in [2.05, 4.69) is 5.32 Å². The Morgan fingerprint density at radius 3 is 2.61 bits per heavy atom. The second-order valence-electron chi connectivity index (χ2n) is 6.15. The van der Waals surface area contributed by atoms with E-state index in [9.17, 15) is 4.79 Å². The van der Waals surface area contributed by atoms with Gasteiger partial charge in [0.15, 0.2) is 0 Å². The average molecular weight is 338 g/mol. The van der Waals surface area contributed by atoms with Crippen LogP contribution in [0.4, 0.5) is 0 Å². The van der Waals surface area contributed by atoms with Gasteiger partial charge in [-0.1, -0.05) is 0 Å².